The Morgan fingerprint density at radius 1 is 0.667 bits per heavy atom. The molecule has 0 atom stereocenters. The summed E-state index contributed by atoms with van der Waals surface area (Å²) in [5.74, 6) is 0. The molecule has 0 radical (unpaired) electrons. The van der Waals surface area contributed by atoms with Gasteiger partial charge in [0, 0.05) is 21.3 Å². The highest BCUT2D eigenvalue weighted by Gasteiger charge is 2.25. The smallest absolute Gasteiger partial charge is 0.266 e. The zero-order valence-electron chi connectivity index (χ0n) is 16.2. The second-order valence-electron chi connectivity index (χ2n) is 7.43. The average Bonchev–Trinajstić information content (AvgIpc) is 2.79. The molecule has 6 nitrogen and oxygen atoms in total. The minimum absolute atomic E-state index is 0.0542. The first-order valence-electron chi connectivity index (χ1n) is 9.97. The first-order valence-corrected chi connectivity index (χ1v) is 11.6. The number of aromatic nitrogens is 4. The van der Waals surface area contributed by atoms with Gasteiger partial charge in [0.15, 0.2) is 0 Å². The molecule has 1 saturated carbocycles. The predicted octanol–water partition coefficient (Wildman–Crippen LogP) is 4.11. The Kier molecular flexibility index (Phi) is 5.35. The fraction of sp³-hybridized carbons (Fsp3) is 0.273. The van der Waals surface area contributed by atoms with Crippen LogP contribution in [0.2, 0.25) is 0 Å². The van der Waals surface area contributed by atoms with Crippen molar-refractivity contribution in [3.63, 3.8) is 0 Å². The molecular formula is C22H20N4O2S2. The van der Waals surface area contributed by atoms with E-state index < -0.39 is 0 Å². The van der Waals surface area contributed by atoms with Gasteiger partial charge in [0.05, 0.1) is 23.2 Å². The van der Waals surface area contributed by atoms with Crippen molar-refractivity contribution in [2.45, 2.75) is 36.2 Å². The molecule has 2 aromatic carbocycles. The van der Waals surface area contributed by atoms with E-state index in [1.165, 1.54) is 32.1 Å². The van der Waals surface area contributed by atoms with Gasteiger partial charge in [0.25, 0.3) is 11.1 Å². The van der Waals surface area contributed by atoms with Crippen molar-refractivity contribution in [2.24, 2.45) is 0 Å². The van der Waals surface area contributed by atoms with Gasteiger partial charge in [-0.05, 0) is 61.7 Å². The van der Waals surface area contributed by atoms with E-state index in [1.807, 2.05) is 48.5 Å². The molecule has 30 heavy (non-hydrogen) atoms. The molecule has 5 rings (SSSR count). The normalized spacial score (nSPS) is 19.3. The third-order valence-electron chi connectivity index (χ3n) is 5.45. The zero-order valence-corrected chi connectivity index (χ0v) is 17.8. The Morgan fingerprint density at radius 3 is 1.50 bits per heavy atom. The van der Waals surface area contributed by atoms with Gasteiger partial charge in [-0.25, -0.2) is 0 Å². The third kappa shape index (κ3) is 3.77. The summed E-state index contributed by atoms with van der Waals surface area (Å²) in [4.78, 5) is 25.4. The van der Waals surface area contributed by atoms with E-state index in [0.29, 0.717) is 21.3 Å². The molecule has 4 aromatic rings. The molecule has 0 bridgehead atoms. The summed E-state index contributed by atoms with van der Waals surface area (Å²) >= 11 is 3.04. The van der Waals surface area contributed by atoms with Gasteiger partial charge in [-0.3, -0.25) is 9.59 Å². The molecule has 0 saturated heterocycles. The molecule has 2 heterocycles. The van der Waals surface area contributed by atoms with E-state index in [2.05, 4.69) is 10.2 Å². The van der Waals surface area contributed by atoms with Gasteiger partial charge >= 0.3 is 0 Å². The maximum atomic E-state index is 12.7. The molecule has 0 aliphatic heterocycles. The lowest BCUT2D eigenvalue weighted by molar-refractivity contribution is 0.524. The largest absolute Gasteiger partial charge is 0.285 e. The summed E-state index contributed by atoms with van der Waals surface area (Å²) in [6.45, 7) is 0. The van der Waals surface area contributed by atoms with Crippen LogP contribution >= 0.6 is 23.9 Å². The summed E-state index contributed by atoms with van der Waals surface area (Å²) in [7, 11) is 0. The molecule has 152 valence electrons. The van der Waals surface area contributed by atoms with Crippen LogP contribution in [0, 0.1) is 0 Å². The van der Waals surface area contributed by atoms with Gasteiger partial charge in [-0.2, -0.15) is 18.4 Å². The van der Waals surface area contributed by atoms with E-state index in [9.17, 15) is 9.59 Å². The second kappa shape index (κ2) is 8.28. The van der Waals surface area contributed by atoms with Crippen molar-refractivity contribution in [2.75, 3.05) is 0 Å². The molecular weight excluding hydrogens is 416 g/mol. The third-order valence-corrected chi connectivity index (χ3v) is 7.91. The molecule has 0 N–H and O–H groups in total. The lowest BCUT2D eigenvalue weighted by Crippen LogP contribution is -2.27. The Balaban J connectivity index is 1.25. The molecule has 0 amide bonds. The van der Waals surface area contributed by atoms with E-state index in [0.717, 1.165) is 36.5 Å². The topological polar surface area (TPSA) is 69.8 Å². The van der Waals surface area contributed by atoms with Gasteiger partial charge in [-0.15, -0.1) is 0 Å². The maximum absolute atomic E-state index is 12.7. The van der Waals surface area contributed by atoms with Gasteiger partial charge < -0.3 is 0 Å². The van der Waals surface area contributed by atoms with Crippen molar-refractivity contribution in [1.82, 2.24) is 18.4 Å². The number of benzene rings is 2. The SMILES string of the molecule is O=c1c2ccccc2cnn1SC1CCC(Sn2ncc3ccccc3c2=O)CC1. The molecule has 8 heteroatoms. The van der Waals surface area contributed by atoms with Crippen molar-refractivity contribution in [3.05, 3.63) is 81.6 Å². The van der Waals surface area contributed by atoms with Crippen LogP contribution < -0.4 is 11.1 Å². The van der Waals surface area contributed by atoms with E-state index in [-0.39, 0.29) is 11.1 Å². The van der Waals surface area contributed by atoms with Crippen LogP contribution in [0.4, 0.5) is 0 Å². The van der Waals surface area contributed by atoms with Crippen LogP contribution in [0.25, 0.3) is 21.5 Å². The van der Waals surface area contributed by atoms with E-state index >= 15 is 0 Å². The van der Waals surface area contributed by atoms with Crippen LogP contribution in [0.3, 0.4) is 0 Å². The Morgan fingerprint density at radius 2 is 1.07 bits per heavy atom. The van der Waals surface area contributed by atoms with Gasteiger partial charge in [0.2, 0.25) is 0 Å². The molecule has 1 aliphatic rings. The van der Waals surface area contributed by atoms with Crippen LogP contribution in [-0.4, -0.2) is 28.9 Å². The monoisotopic (exact) mass is 436 g/mol. The van der Waals surface area contributed by atoms with Gasteiger partial charge in [-0.1, -0.05) is 36.4 Å². The van der Waals surface area contributed by atoms with Crippen LogP contribution in [0.1, 0.15) is 25.7 Å². The van der Waals surface area contributed by atoms with E-state index in [1.54, 1.807) is 12.4 Å². The number of fused-ring (bicyclic) bond motifs is 2. The van der Waals surface area contributed by atoms with Crippen molar-refractivity contribution >= 4 is 45.4 Å². The second-order valence-corrected chi connectivity index (χ2v) is 9.88. The first kappa shape index (κ1) is 19.4. The molecule has 1 fully saturated rings. The lowest BCUT2D eigenvalue weighted by atomic mass is 10.00. The fourth-order valence-corrected chi connectivity index (χ4v) is 5.95. The standard InChI is InChI=1S/C22H20N4O2S2/c27-21-19-7-3-1-5-15(19)13-23-25(21)29-17-9-11-18(12-10-17)30-26-22(28)20-8-4-2-6-16(20)14-24-26/h1-8,13-14,17-18H,9-12H2. The summed E-state index contributed by atoms with van der Waals surface area (Å²) in [6.07, 6.45) is 7.42. The van der Waals surface area contributed by atoms with E-state index in [4.69, 9.17) is 0 Å². The van der Waals surface area contributed by atoms with Crippen LogP contribution in [-0.2, 0) is 0 Å². The molecule has 1 aliphatic carbocycles. The summed E-state index contributed by atoms with van der Waals surface area (Å²) < 4.78 is 3.05. The average molecular weight is 437 g/mol. The lowest BCUT2D eigenvalue weighted by Gasteiger charge is -2.27. The molecule has 0 spiro atoms. The summed E-state index contributed by atoms with van der Waals surface area (Å²) in [5.41, 5.74) is -0.108. The Labute approximate surface area is 181 Å². The fourth-order valence-electron chi connectivity index (χ4n) is 3.82. The highest BCUT2D eigenvalue weighted by molar-refractivity contribution is 7.98. The minimum Gasteiger partial charge on any atom is -0.266 e. The van der Waals surface area contributed by atoms with Crippen molar-refractivity contribution in [1.29, 1.82) is 0 Å². The molecule has 0 unspecified atom stereocenters. The number of nitrogens with zero attached hydrogens (tertiary/aromatic N) is 4. The maximum Gasteiger partial charge on any atom is 0.285 e. The highest BCUT2D eigenvalue weighted by Crippen LogP contribution is 2.34. The van der Waals surface area contributed by atoms with Gasteiger partial charge in [0.1, 0.15) is 0 Å². The number of hydrogen-bond acceptors (Lipinski definition) is 6. The Bertz CT molecular complexity index is 1220. The van der Waals surface area contributed by atoms with Crippen molar-refractivity contribution < 1.29 is 0 Å². The van der Waals surface area contributed by atoms with Crippen LogP contribution in [0.5, 0.6) is 0 Å². The minimum atomic E-state index is -0.0542. The first-order chi connectivity index (χ1) is 14.7. The predicted molar refractivity (Wildman–Crippen MR) is 124 cm³/mol. The summed E-state index contributed by atoms with van der Waals surface area (Å²) in [5, 5.41) is 12.5. The zero-order chi connectivity index (χ0) is 20.5. The highest BCUT2D eigenvalue weighted by atomic mass is 32.2. The Hall–Kier alpha value is -2.58. The summed E-state index contributed by atoms with van der Waals surface area (Å²) in [6, 6.07) is 15.1. The number of hydrogen-bond donors (Lipinski definition) is 0. The van der Waals surface area contributed by atoms with Crippen molar-refractivity contribution in [3.8, 4) is 0 Å². The number of rotatable bonds is 4. The molecule has 2 aromatic heterocycles. The van der Waals surface area contributed by atoms with Crippen LogP contribution in [0.15, 0.2) is 70.5 Å². The quantitative estimate of drug-likeness (QED) is 0.480.